The van der Waals surface area contributed by atoms with Crippen molar-refractivity contribution in [2.24, 2.45) is 0 Å². The van der Waals surface area contributed by atoms with Crippen LogP contribution in [-0.2, 0) is 20.8 Å². The van der Waals surface area contributed by atoms with Crippen molar-refractivity contribution in [1.29, 1.82) is 0 Å². The molecular weight excluding hydrogens is 472 g/mol. The van der Waals surface area contributed by atoms with E-state index in [-0.39, 0.29) is 30.2 Å². The number of nitrogens with one attached hydrogen (secondary N) is 1. The van der Waals surface area contributed by atoms with Crippen molar-refractivity contribution in [2.45, 2.75) is 27.6 Å². The van der Waals surface area contributed by atoms with Crippen LogP contribution in [0.4, 0.5) is 0 Å². The first-order valence-corrected chi connectivity index (χ1v) is 12.6. The molecule has 2 aliphatic rings. The predicted molar refractivity (Wildman–Crippen MR) is 130 cm³/mol. The molecule has 0 spiro atoms. The molecule has 2 amide bonds. The monoisotopic (exact) mass is 494 g/mol. The first-order valence-electron chi connectivity index (χ1n) is 10.7. The van der Waals surface area contributed by atoms with Gasteiger partial charge in [0.2, 0.25) is 11.8 Å². The van der Waals surface area contributed by atoms with E-state index in [1.54, 1.807) is 21.8 Å². The zero-order valence-corrected chi connectivity index (χ0v) is 19.7. The first-order chi connectivity index (χ1) is 16.5. The molecule has 34 heavy (non-hydrogen) atoms. The van der Waals surface area contributed by atoms with Crippen molar-refractivity contribution in [1.82, 2.24) is 20.0 Å². The average Bonchev–Trinajstić information content (AvgIpc) is 3.31. The summed E-state index contributed by atoms with van der Waals surface area (Å²) in [5, 5.41) is 17.8. The Labute approximate surface area is 204 Å². The fourth-order valence-electron chi connectivity index (χ4n) is 4.12. The van der Waals surface area contributed by atoms with Gasteiger partial charge in [0, 0.05) is 12.3 Å². The molecule has 2 saturated heterocycles. The highest BCUT2D eigenvalue weighted by Crippen LogP contribution is 2.46. The van der Waals surface area contributed by atoms with E-state index in [0.29, 0.717) is 10.8 Å². The number of amides is 2. The number of carbonyl (C=O) groups excluding carboxylic acids is 2. The van der Waals surface area contributed by atoms with Crippen LogP contribution in [0.25, 0.3) is 5.69 Å². The van der Waals surface area contributed by atoms with E-state index in [1.807, 2.05) is 60.7 Å². The molecule has 1 unspecified atom stereocenters. The topological polar surface area (TPSA) is 105 Å². The van der Waals surface area contributed by atoms with Crippen LogP contribution in [0.2, 0.25) is 0 Å². The summed E-state index contributed by atoms with van der Waals surface area (Å²) in [6, 6.07) is 20.0. The summed E-state index contributed by atoms with van der Waals surface area (Å²) in [7, 11) is 0. The van der Waals surface area contributed by atoms with Gasteiger partial charge in [0.1, 0.15) is 21.2 Å². The van der Waals surface area contributed by atoms with E-state index in [9.17, 15) is 19.5 Å². The van der Waals surface area contributed by atoms with Gasteiger partial charge >= 0.3 is 5.97 Å². The second-order valence-electron chi connectivity index (χ2n) is 8.19. The number of β-lactam (4-membered cyclic amide) rings is 1. The Morgan fingerprint density at radius 2 is 1.82 bits per heavy atom. The lowest BCUT2D eigenvalue weighted by molar-refractivity contribution is -0.152. The molecule has 10 heteroatoms. The van der Waals surface area contributed by atoms with Gasteiger partial charge in [-0.25, -0.2) is 4.68 Å². The Bertz CT molecular complexity index is 1220. The summed E-state index contributed by atoms with van der Waals surface area (Å²) < 4.78 is 0.485. The number of aromatic nitrogens is 2. The molecule has 1 aromatic heterocycles. The lowest BCUT2D eigenvalue weighted by atomic mass is 10.0. The smallest absolute Gasteiger partial charge is 0.322 e. The van der Waals surface area contributed by atoms with Crippen LogP contribution in [0.5, 0.6) is 0 Å². The highest BCUT2D eigenvalue weighted by Gasteiger charge is 2.58. The van der Waals surface area contributed by atoms with Crippen LogP contribution in [0.15, 0.2) is 78.0 Å². The van der Waals surface area contributed by atoms with E-state index in [4.69, 9.17) is 0 Å². The minimum Gasteiger partial charge on any atom is -0.480 e. The normalized spacial score (nSPS) is 23.6. The summed E-state index contributed by atoms with van der Waals surface area (Å²) in [6.07, 6.45) is 1.83. The van der Waals surface area contributed by atoms with E-state index in [0.717, 1.165) is 11.3 Å². The fourth-order valence-corrected chi connectivity index (χ4v) is 7.01. The summed E-state index contributed by atoms with van der Waals surface area (Å²) in [5.74, 6) is -1.15. The van der Waals surface area contributed by atoms with Gasteiger partial charge in [0.15, 0.2) is 0 Å². The number of para-hydroxylation sites is 1. The molecule has 2 fully saturated rings. The van der Waals surface area contributed by atoms with Crippen LogP contribution in [0, 0.1) is 0 Å². The number of hydrogen-bond donors (Lipinski definition) is 2. The number of thioether (sulfide) groups is 2. The second kappa shape index (κ2) is 9.19. The van der Waals surface area contributed by atoms with Crippen LogP contribution >= 0.6 is 23.5 Å². The van der Waals surface area contributed by atoms with E-state index in [1.165, 1.54) is 23.5 Å². The number of hydrogen-bond acceptors (Lipinski definition) is 6. The molecule has 0 aliphatic carbocycles. The number of rotatable bonds is 7. The minimum absolute atomic E-state index is 0.0640. The first kappa shape index (κ1) is 22.5. The Balaban J connectivity index is 1.28. The third kappa shape index (κ3) is 4.19. The average molecular weight is 495 g/mol. The molecule has 3 aromatic rings. The highest BCUT2D eigenvalue weighted by atomic mass is 32.2. The maximum atomic E-state index is 12.9. The van der Waals surface area contributed by atoms with Crippen molar-refractivity contribution < 1.29 is 19.5 Å². The molecule has 3 atom stereocenters. The van der Waals surface area contributed by atoms with Crippen molar-refractivity contribution in [3.8, 4) is 5.69 Å². The third-order valence-corrected chi connectivity index (χ3v) is 8.94. The SMILES string of the molecule is O=C(Cc1ccccc1)N[C@@H]1C(=O)N2CC(Sc3ccnn3-c3ccccc3)(C(=O)O)CS[C@H]12. The highest BCUT2D eigenvalue weighted by molar-refractivity contribution is 8.05. The molecule has 3 heterocycles. The van der Waals surface area contributed by atoms with Gasteiger partial charge in [0.05, 0.1) is 18.3 Å². The van der Waals surface area contributed by atoms with Gasteiger partial charge < -0.3 is 15.3 Å². The maximum Gasteiger partial charge on any atom is 0.322 e. The molecule has 2 aromatic carbocycles. The number of aliphatic carboxylic acids is 1. The van der Waals surface area contributed by atoms with E-state index < -0.39 is 16.8 Å². The zero-order valence-electron chi connectivity index (χ0n) is 18.0. The van der Waals surface area contributed by atoms with Gasteiger partial charge in [0.25, 0.3) is 0 Å². The molecule has 2 aliphatic heterocycles. The quantitative estimate of drug-likeness (QED) is 0.486. The molecular formula is C24H22N4O4S2. The Hall–Kier alpha value is -3.24. The number of carboxylic acids is 1. The van der Waals surface area contributed by atoms with Crippen LogP contribution in [-0.4, -0.2) is 66.0 Å². The van der Waals surface area contributed by atoms with E-state index in [2.05, 4.69) is 10.4 Å². The van der Waals surface area contributed by atoms with Gasteiger partial charge in [-0.2, -0.15) is 5.10 Å². The zero-order chi connectivity index (χ0) is 23.7. The Morgan fingerprint density at radius 3 is 2.53 bits per heavy atom. The standard InChI is InChI=1S/C24H22N4O4S2/c29-18(13-16-7-3-1-4-8-16)26-20-21(30)27-14-24(23(31)32,15-33-22(20)27)34-19-11-12-25-28(19)17-9-5-2-6-10-17/h1-12,20,22H,13-15H2,(H,26,29)(H,31,32)/t20-,22-,24?/m1/s1. The summed E-state index contributed by atoms with van der Waals surface area (Å²) in [5.41, 5.74) is 1.70. The van der Waals surface area contributed by atoms with Gasteiger partial charge in [-0.1, -0.05) is 60.3 Å². The molecule has 174 valence electrons. The summed E-state index contributed by atoms with van der Waals surface area (Å²) in [6.45, 7) is 0.0640. The number of carbonyl (C=O) groups is 3. The largest absolute Gasteiger partial charge is 0.480 e. The van der Waals surface area contributed by atoms with Crippen molar-refractivity contribution >= 4 is 41.3 Å². The van der Waals surface area contributed by atoms with E-state index >= 15 is 0 Å². The number of nitrogens with zero attached hydrogens (tertiary/aromatic N) is 3. The lowest BCUT2D eigenvalue weighted by Gasteiger charge is -2.53. The van der Waals surface area contributed by atoms with Crippen molar-refractivity contribution in [2.75, 3.05) is 12.3 Å². The number of carboxylic acid groups (broad SMARTS) is 1. The molecule has 0 saturated carbocycles. The number of benzene rings is 2. The Morgan fingerprint density at radius 1 is 1.12 bits per heavy atom. The predicted octanol–water partition coefficient (Wildman–Crippen LogP) is 2.43. The van der Waals surface area contributed by atoms with Crippen molar-refractivity contribution in [3.63, 3.8) is 0 Å². The van der Waals surface area contributed by atoms with Gasteiger partial charge in [-0.3, -0.25) is 14.4 Å². The maximum absolute atomic E-state index is 12.9. The van der Waals surface area contributed by atoms with Crippen LogP contribution in [0.1, 0.15) is 5.56 Å². The van der Waals surface area contributed by atoms with Crippen molar-refractivity contribution in [3.05, 3.63) is 78.5 Å². The third-order valence-electron chi connectivity index (χ3n) is 5.88. The fraction of sp³-hybridized carbons (Fsp3) is 0.250. The summed E-state index contributed by atoms with van der Waals surface area (Å²) >= 11 is 2.60. The lowest BCUT2D eigenvalue weighted by Crippen LogP contribution is -2.74. The molecule has 2 N–H and O–H groups in total. The van der Waals surface area contributed by atoms with Gasteiger partial charge in [-0.05, 0) is 23.8 Å². The molecule has 0 radical (unpaired) electrons. The minimum atomic E-state index is -1.22. The van der Waals surface area contributed by atoms with Crippen LogP contribution in [0.3, 0.4) is 0 Å². The molecule has 8 nitrogen and oxygen atoms in total. The Kier molecular flexibility index (Phi) is 6.09. The number of fused-ring (bicyclic) bond motifs is 1. The molecule has 0 bridgehead atoms. The van der Waals surface area contributed by atoms with Crippen LogP contribution < -0.4 is 5.32 Å². The van der Waals surface area contributed by atoms with Gasteiger partial charge in [-0.15, -0.1) is 11.8 Å². The summed E-state index contributed by atoms with van der Waals surface area (Å²) in [4.78, 5) is 39.3. The second-order valence-corrected chi connectivity index (χ2v) is 10.7. The molecule has 5 rings (SSSR count).